The van der Waals surface area contributed by atoms with Crippen molar-refractivity contribution in [2.24, 2.45) is 0 Å². The van der Waals surface area contributed by atoms with Crippen LogP contribution in [0.5, 0.6) is 0 Å². The fourth-order valence-corrected chi connectivity index (χ4v) is 1.77. The Morgan fingerprint density at radius 3 is 2.88 bits per heavy atom. The summed E-state index contributed by atoms with van der Waals surface area (Å²) in [5, 5.41) is 5.55. The van der Waals surface area contributed by atoms with E-state index >= 15 is 0 Å². The Morgan fingerprint density at radius 2 is 2.24 bits per heavy atom. The Balaban J connectivity index is 2.24. The lowest BCUT2D eigenvalue weighted by molar-refractivity contribution is 0.166. The molecular formula is C11H21N3O3. The number of amides is 3. The molecule has 0 aliphatic carbocycles. The summed E-state index contributed by atoms with van der Waals surface area (Å²) in [6.45, 7) is 4.01. The van der Waals surface area contributed by atoms with Gasteiger partial charge in [-0.1, -0.05) is 13.3 Å². The molecule has 1 fully saturated rings. The molecule has 1 saturated heterocycles. The van der Waals surface area contributed by atoms with Crippen molar-refractivity contribution in [2.75, 3.05) is 26.7 Å². The summed E-state index contributed by atoms with van der Waals surface area (Å²) in [4.78, 5) is 24.4. The van der Waals surface area contributed by atoms with Crippen molar-refractivity contribution in [3.63, 3.8) is 0 Å². The van der Waals surface area contributed by atoms with E-state index in [9.17, 15) is 9.59 Å². The van der Waals surface area contributed by atoms with Gasteiger partial charge in [0.25, 0.3) is 0 Å². The molecule has 0 aromatic heterocycles. The van der Waals surface area contributed by atoms with E-state index in [0.29, 0.717) is 19.6 Å². The molecule has 2 N–H and O–H groups in total. The van der Waals surface area contributed by atoms with Crippen molar-refractivity contribution >= 4 is 12.1 Å². The third-order valence-corrected chi connectivity index (χ3v) is 2.79. The van der Waals surface area contributed by atoms with Crippen molar-refractivity contribution in [3.05, 3.63) is 0 Å². The average Bonchev–Trinajstić information content (AvgIpc) is 2.77. The first kappa shape index (κ1) is 13.6. The first-order chi connectivity index (χ1) is 8.17. The van der Waals surface area contributed by atoms with Crippen LogP contribution in [0.4, 0.5) is 9.59 Å². The molecule has 0 radical (unpaired) electrons. The van der Waals surface area contributed by atoms with Crippen molar-refractivity contribution in [1.29, 1.82) is 0 Å². The minimum atomic E-state index is -0.441. The Hall–Kier alpha value is -1.46. The summed E-state index contributed by atoms with van der Waals surface area (Å²) < 4.78 is 4.52. The van der Waals surface area contributed by atoms with Crippen LogP contribution in [0.3, 0.4) is 0 Å². The van der Waals surface area contributed by atoms with Crippen molar-refractivity contribution in [3.8, 4) is 0 Å². The third kappa shape index (κ3) is 4.50. The molecule has 0 spiro atoms. The van der Waals surface area contributed by atoms with E-state index < -0.39 is 6.09 Å². The van der Waals surface area contributed by atoms with Crippen LogP contribution in [0, 0.1) is 0 Å². The summed E-state index contributed by atoms with van der Waals surface area (Å²) in [5.41, 5.74) is 0. The minimum Gasteiger partial charge on any atom is -0.453 e. The molecule has 0 aromatic carbocycles. The number of methoxy groups -OCH3 is 1. The van der Waals surface area contributed by atoms with Crippen LogP contribution in [-0.2, 0) is 4.74 Å². The van der Waals surface area contributed by atoms with E-state index in [4.69, 9.17) is 0 Å². The van der Waals surface area contributed by atoms with E-state index in [1.165, 1.54) is 7.11 Å². The first-order valence-corrected chi connectivity index (χ1v) is 6.04. The van der Waals surface area contributed by atoms with Gasteiger partial charge >= 0.3 is 12.1 Å². The van der Waals surface area contributed by atoms with Crippen LogP contribution in [0.2, 0.25) is 0 Å². The largest absolute Gasteiger partial charge is 0.453 e. The van der Waals surface area contributed by atoms with Crippen molar-refractivity contribution in [2.45, 2.75) is 32.2 Å². The number of hydrogen-bond donors (Lipinski definition) is 2. The molecule has 98 valence electrons. The fourth-order valence-electron chi connectivity index (χ4n) is 1.77. The van der Waals surface area contributed by atoms with Gasteiger partial charge in [-0.3, -0.25) is 0 Å². The zero-order valence-corrected chi connectivity index (χ0v) is 10.5. The number of alkyl carbamates (subject to hydrolysis) is 1. The second-order valence-corrected chi connectivity index (χ2v) is 4.15. The predicted octanol–water partition coefficient (Wildman–Crippen LogP) is 0.926. The van der Waals surface area contributed by atoms with Gasteiger partial charge in [-0.15, -0.1) is 0 Å². The molecule has 6 heteroatoms. The van der Waals surface area contributed by atoms with Crippen LogP contribution >= 0.6 is 0 Å². The Morgan fingerprint density at radius 1 is 1.47 bits per heavy atom. The number of nitrogens with one attached hydrogen (secondary N) is 2. The van der Waals surface area contributed by atoms with E-state index in [1.807, 2.05) is 0 Å². The van der Waals surface area contributed by atoms with Gasteiger partial charge < -0.3 is 20.3 Å². The molecule has 1 atom stereocenters. The summed E-state index contributed by atoms with van der Waals surface area (Å²) in [6.07, 6.45) is 2.38. The second-order valence-electron chi connectivity index (χ2n) is 4.15. The number of hydrogen-bond acceptors (Lipinski definition) is 3. The Bertz CT molecular complexity index is 271. The zero-order valence-electron chi connectivity index (χ0n) is 10.5. The summed E-state index contributed by atoms with van der Waals surface area (Å²) in [5.74, 6) is 0. The topological polar surface area (TPSA) is 70.7 Å². The monoisotopic (exact) mass is 243 g/mol. The number of urea groups is 1. The van der Waals surface area contributed by atoms with E-state index in [-0.39, 0.29) is 12.1 Å². The molecule has 1 aliphatic heterocycles. The van der Waals surface area contributed by atoms with Crippen molar-refractivity contribution < 1.29 is 14.3 Å². The normalized spacial score (nSPS) is 18.9. The summed E-state index contributed by atoms with van der Waals surface area (Å²) >= 11 is 0. The van der Waals surface area contributed by atoms with E-state index in [0.717, 1.165) is 19.3 Å². The quantitative estimate of drug-likeness (QED) is 0.721. The molecule has 0 saturated carbocycles. The molecule has 1 unspecified atom stereocenters. The van der Waals surface area contributed by atoms with Crippen molar-refractivity contribution in [1.82, 2.24) is 15.5 Å². The molecule has 1 heterocycles. The lowest BCUT2D eigenvalue weighted by Gasteiger charge is -2.17. The highest BCUT2D eigenvalue weighted by Gasteiger charge is 2.27. The van der Waals surface area contributed by atoms with Gasteiger partial charge in [0.15, 0.2) is 0 Å². The number of ether oxygens (including phenoxy) is 1. The van der Waals surface area contributed by atoms with Gasteiger partial charge in [0.05, 0.1) is 13.2 Å². The molecule has 17 heavy (non-hydrogen) atoms. The Labute approximate surface area is 102 Å². The third-order valence-electron chi connectivity index (χ3n) is 2.79. The molecule has 0 bridgehead atoms. The van der Waals surface area contributed by atoms with Gasteiger partial charge in [0, 0.05) is 19.6 Å². The summed E-state index contributed by atoms with van der Waals surface area (Å²) in [6, 6.07) is -0.0491. The van der Waals surface area contributed by atoms with Crippen LogP contribution < -0.4 is 10.6 Å². The van der Waals surface area contributed by atoms with E-state index in [1.54, 1.807) is 4.90 Å². The highest BCUT2D eigenvalue weighted by atomic mass is 16.5. The number of unbranched alkanes of at least 4 members (excludes halogenated alkanes) is 1. The van der Waals surface area contributed by atoms with Gasteiger partial charge in [-0.25, -0.2) is 9.59 Å². The molecule has 0 aromatic rings. The smallest absolute Gasteiger partial charge is 0.407 e. The van der Waals surface area contributed by atoms with Gasteiger partial charge in [0.1, 0.15) is 0 Å². The average molecular weight is 243 g/mol. The maximum atomic E-state index is 11.7. The van der Waals surface area contributed by atoms with Gasteiger partial charge in [-0.05, 0) is 12.8 Å². The number of rotatable bonds is 4. The molecule has 1 rings (SSSR count). The predicted molar refractivity (Wildman–Crippen MR) is 63.8 cm³/mol. The van der Waals surface area contributed by atoms with E-state index in [2.05, 4.69) is 22.3 Å². The lowest BCUT2D eigenvalue weighted by Crippen LogP contribution is -2.42. The lowest BCUT2D eigenvalue weighted by atomic mass is 10.3. The number of carbonyl (C=O) groups excluding carboxylic acids is 2. The fraction of sp³-hybridized carbons (Fsp3) is 0.818. The van der Waals surface area contributed by atoms with Crippen LogP contribution in [-0.4, -0.2) is 49.8 Å². The number of carbonyl (C=O) groups is 2. The zero-order chi connectivity index (χ0) is 12.7. The number of likely N-dealkylation sites (tertiary alicyclic amines) is 1. The maximum absolute atomic E-state index is 11.7. The molecule has 6 nitrogen and oxygen atoms in total. The number of nitrogens with zero attached hydrogens (tertiary/aromatic N) is 1. The standard InChI is InChI=1S/C11H21N3O3/c1-3-4-6-12-10(15)14-7-5-9(8-14)13-11(16)17-2/h9H,3-8H2,1-2H3,(H,12,15)(H,13,16). The minimum absolute atomic E-state index is 0.000579. The highest BCUT2D eigenvalue weighted by Crippen LogP contribution is 2.09. The van der Waals surface area contributed by atoms with Crippen LogP contribution in [0.1, 0.15) is 26.2 Å². The molecular weight excluding hydrogens is 222 g/mol. The van der Waals surface area contributed by atoms with Gasteiger partial charge in [0.2, 0.25) is 0 Å². The second kappa shape index (κ2) is 6.98. The van der Waals surface area contributed by atoms with Gasteiger partial charge in [-0.2, -0.15) is 0 Å². The SMILES string of the molecule is CCCCNC(=O)N1CCC(NC(=O)OC)C1. The first-order valence-electron chi connectivity index (χ1n) is 6.04. The maximum Gasteiger partial charge on any atom is 0.407 e. The van der Waals surface area contributed by atoms with Crippen LogP contribution in [0.15, 0.2) is 0 Å². The summed E-state index contributed by atoms with van der Waals surface area (Å²) in [7, 11) is 1.33. The molecule has 1 aliphatic rings. The van der Waals surface area contributed by atoms with Crippen LogP contribution in [0.25, 0.3) is 0 Å². The highest BCUT2D eigenvalue weighted by molar-refractivity contribution is 5.74. The molecule has 3 amide bonds. The Kier molecular flexibility index (Phi) is 5.59.